The summed E-state index contributed by atoms with van der Waals surface area (Å²) < 4.78 is 3.64. The average molecular weight is 470 g/mol. The Kier molecular flexibility index (Phi) is 4.90. The van der Waals surface area contributed by atoms with Crippen LogP contribution in [0.4, 0.5) is 16.7 Å². The first kappa shape index (κ1) is 20.8. The number of para-hydroxylation sites is 1. The number of aryl methyl sites for hydroxylation is 1. The van der Waals surface area contributed by atoms with Gasteiger partial charge in [0.25, 0.3) is 5.91 Å². The number of rotatable bonds is 7. The predicted molar refractivity (Wildman–Crippen MR) is 128 cm³/mol. The zero-order valence-electron chi connectivity index (χ0n) is 18.8. The van der Waals surface area contributed by atoms with Gasteiger partial charge in [-0.15, -0.1) is 0 Å². The molecule has 0 bridgehead atoms. The second kappa shape index (κ2) is 8.24. The SMILES string of the molecule is Cc1nccn1-c1ccccc1CNc1nc(NC2CC2)n2ncc(/C=C3\NC(=O)NC3=O)c2n1. The van der Waals surface area contributed by atoms with Crippen LogP contribution in [0, 0.1) is 6.92 Å². The number of imide groups is 1. The highest BCUT2D eigenvalue weighted by molar-refractivity contribution is 6.14. The van der Waals surface area contributed by atoms with Crippen LogP contribution in [0.15, 0.2) is 48.6 Å². The lowest BCUT2D eigenvalue weighted by Crippen LogP contribution is -2.22. The van der Waals surface area contributed by atoms with Crippen molar-refractivity contribution in [2.75, 3.05) is 10.6 Å². The van der Waals surface area contributed by atoms with Crippen molar-refractivity contribution in [3.8, 4) is 5.69 Å². The first-order chi connectivity index (χ1) is 17.0. The number of fused-ring (bicyclic) bond motifs is 1. The quantitative estimate of drug-likeness (QED) is 0.237. The van der Waals surface area contributed by atoms with E-state index in [0.717, 1.165) is 29.9 Å². The Morgan fingerprint density at radius 2 is 2.03 bits per heavy atom. The minimum absolute atomic E-state index is 0.138. The number of hydrogen-bond donors (Lipinski definition) is 4. The summed E-state index contributed by atoms with van der Waals surface area (Å²) >= 11 is 0. The van der Waals surface area contributed by atoms with Gasteiger partial charge in [0, 0.05) is 30.5 Å². The smallest absolute Gasteiger partial charge is 0.326 e. The molecule has 0 spiro atoms. The van der Waals surface area contributed by atoms with E-state index in [9.17, 15) is 9.59 Å². The summed E-state index contributed by atoms with van der Waals surface area (Å²) in [6.07, 6.45) is 8.98. The number of carbonyl (C=O) groups is 2. The van der Waals surface area contributed by atoms with E-state index in [1.54, 1.807) is 23.0 Å². The summed E-state index contributed by atoms with van der Waals surface area (Å²) in [5, 5.41) is 15.8. The lowest BCUT2D eigenvalue weighted by Gasteiger charge is -2.14. The van der Waals surface area contributed by atoms with Crippen LogP contribution in [-0.4, -0.2) is 47.1 Å². The maximum atomic E-state index is 12.0. The second-order valence-electron chi connectivity index (χ2n) is 8.42. The Morgan fingerprint density at radius 1 is 1.17 bits per heavy atom. The Bertz CT molecular complexity index is 1500. The third-order valence-electron chi connectivity index (χ3n) is 5.84. The lowest BCUT2D eigenvalue weighted by atomic mass is 10.1. The van der Waals surface area contributed by atoms with Crippen molar-refractivity contribution in [1.82, 2.24) is 39.8 Å². The maximum Gasteiger partial charge on any atom is 0.326 e. The van der Waals surface area contributed by atoms with Gasteiger partial charge in [0.05, 0.1) is 11.9 Å². The van der Waals surface area contributed by atoms with Crippen molar-refractivity contribution < 1.29 is 9.59 Å². The molecule has 0 unspecified atom stereocenters. The number of nitrogens with one attached hydrogen (secondary N) is 4. The molecule has 176 valence electrons. The fourth-order valence-electron chi connectivity index (χ4n) is 3.92. The average Bonchev–Trinajstić information content (AvgIpc) is 3.26. The summed E-state index contributed by atoms with van der Waals surface area (Å²) in [7, 11) is 0. The Labute approximate surface area is 199 Å². The fraction of sp³-hybridized carbons (Fsp3) is 0.217. The van der Waals surface area contributed by atoms with Gasteiger partial charge in [-0.2, -0.15) is 19.6 Å². The summed E-state index contributed by atoms with van der Waals surface area (Å²) in [6.45, 7) is 2.44. The molecular weight excluding hydrogens is 448 g/mol. The Balaban J connectivity index is 1.35. The van der Waals surface area contributed by atoms with Gasteiger partial charge in [0.2, 0.25) is 11.9 Å². The normalized spacial score (nSPS) is 16.5. The van der Waals surface area contributed by atoms with E-state index in [0.29, 0.717) is 35.7 Å². The molecule has 1 aliphatic heterocycles. The van der Waals surface area contributed by atoms with Crippen LogP contribution >= 0.6 is 0 Å². The van der Waals surface area contributed by atoms with Crippen LogP contribution in [0.2, 0.25) is 0 Å². The van der Waals surface area contributed by atoms with Crippen molar-refractivity contribution in [2.24, 2.45) is 0 Å². The van der Waals surface area contributed by atoms with Gasteiger partial charge in [0.15, 0.2) is 5.65 Å². The molecule has 1 aromatic carbocycles. The number of amides is 3. The van der Waals surface area contributed by atoms with E-state index in [1.165, 1.54) is 0 Å². The number of imidazole rings is 1. The van der Waals surface area contributed by atoms with Crippen LogP contribution in [0.5, 0.6) is 0 Å². The van der Waals surface area contributed by atoms with Gasteiger partial charge >= 0.3 is 6.03 Å². The van der Waals surface area contributed by atoms with Crippen molar-refractivity contribution in [1.29, 1.82) is 0 Å². The second-order valence-corrected chi connectivity index (χ2v) is 8.42. The summed E-state index contributed by atoms with van der Waals surface area (Å²) in [5.41, 5.74) is 3.29. The molecule has 2 aliphatic rings. The zero-order chi connectivity index (χ0) is 23.9. The molecule has 6 rings (SSSR count). The topological polar surface area (TPSA) is 143 Å². The summed E-state index contributed by atoms with van der Waals surface area (Å²) in [4.78, 5) is 37.1. The van der Waals surface area contributed by atoms with Crippen molar-refractivity contribution in [3.05, 3.63) is 65.5 Å². The van der Waals surface area contributed by atoms with Crippen LogP contribution < -0.4 is 21.3 Å². The van der Waals surface area contributed by atoms with Crippen LogP contribution in [0.1, 0.15) is 29.8 Å². The van der Waals surface area contributed by atoms with Gasteiger partial charge in [0.1, 0.15) is 11.5 Å². The molecule has 0 radical (unpaired) electrons. The molecule has 4 aromatic rings. The fourth-order valence-corrected chi connectivity index (χ4v) is 3.92. The van der Waals surface area contributed by atoms with Crippen molar-refractivity contribution in [2.45, 2.75) is 32.4 Å². The molecule has 3 aromatic heterocycles. The molecule has 1 saturated carbocycles. The number of hydrogen-bond acceptors (Lipinski definition) is 8. The highest BCUT2D eigenvalue weighted by Crippen LogP contribution is 2.26. The molecule has 0 atom stereocenters. The molecule has 1 saturated heterocycles. The number of benzene rings is 1. The van der Waals surface area contributed by atoms with E-state index in [1.807, 2.05) is 42.0 Å². The van der Waals surface area contributed by atoms with E-state index >= 15 is 0 Å². The first-order valence-electron chi connectivity index (χ1n) is 11.2. The lowest BCUT2D eigenvalue weighted by molar-refractivity contribution is -0.115. The van der Waals surface area contributed by atoms with Gasteiger partial charge in [-0.3, -0.25) is 10.1 Å². The third kappa shape index (κ3) is 4.05. The largest absolute Gasteiger partial charge is 0.351 e. The third-order valence-corrected chi connectivity index (χ3v) is 5.84. The molecule has 12 nitrogen and oxygen atoms in total. The van der Waals surface area contributed by atoms with Crippen LogP contribution in [-0.2, 0) is 11.3 Å². The van der Waals surface area contributed by atoms with E-state index in [-0.39, 0.29) is 5.70 Å². The molecule has 12 heteroatoms. The van der Waals surface area contributed by atoms with E-state index in [4.69, 9.17) is 0 Å². The summed E-state index contributed by atoms with van der Waals surface area (Å²) in [5.74, 6) is 1.37. The molecule has 1 aliphatic carbocycles. The van der Waals surface area contributed by atoms with Gasteiger partial charge in [-0.25, -0.2) is 9.78 Å². The standard InChI is InChI=1S/C23H22N10O2/c1-13-24-8-9-32(13)18-5-3-2-4-14(18)11-25-21-29-19-15(10-17-20(34)30-23(35)28-17)12-26-33(19)22(31-21)27-16-6-7-16/h2-5,8-10,12,16H,6-7,11H2,1H3,(H2,25,27,29,31)(H2,28,30,34,35)/b17-10-. The Morgan fingerprint density at radius 3 is 2.77 bits per heavy atom. The van der Waals surface area contributed by atoms with Crippen molar-refractivity contribution >= 4 is 35.6 Å². The molecule has 4 N–H and O–H groups in total. The highest BCUT2D eigenvalue weighted by atomic mass is 16.2. The number of aromatic nitrogens is 6. The van der Waals surface area contributed by atoms with Crippen LogP contribution in [0.3, 0.4) is 0 Å². The molecule has 2 fully saturated rings. The van der Waals surface area contributed by atoms with Gasteiger partial charge < -0.3 is 20.5 Å². The number of nitrogens with zero attached hydrogens (tertiary/aromatic N) is 6. The number of carbonyl (C=O) groups excluding carboxylic acids is 2. The van der Waals surface area contributed by atoms with E-state index in [2.05, 4.69) is 41.3 Å². The molecule has 35 heavy (non-hydrogen) atoms. The zero-order valence-corrected chi connectivity index (χ0v) is 18.8. The Hall–Kier alpha value is -4.74. The van der Waals surface area contributed by atoms with Crippen molar-refractivity contribution in [3.63, 3.8) is 0 Å². The first-order valence-corrected chi connectivity index (χ1v) is 11.2. The minimum Gasteiger partial charge on any atom is -0.351 e. The summed E-state index contributed by atoms with van der Waals surface area (Å²) in [6, 6.07) is 7.84. The molecule has 4 heterocycles. The molecule has 3 amide bonds. The minimum atomic E-state index is -0.558. The predicted octanol–water partition coefficient (Wildman–Crippen LogP) is 1.99. The highest BCUT2D eigenvalue weighted by Gasteiger charge is 2.26. The van der Waals surface area contributed by atoms with Gasteiger partial charge in [-0.05, 0) is 37.5 Å². The van der Waals surface area contributed by atoms with Gasteiger partial charge in [-0.1, -0.05) is 18.2 Å². The number of anilines is 2. The molecular formula is C23H22N10O2. The monoisotopic (exact) mass is 470 g/mol. The number of urea groups is 1. The van der Waals surface area contributed by atoms with Crippen LogP contribution in [0.25, 0.3) is 17.4 Å². The maximum absolute atomic E-state index is 12.0. The van der Waals surface area contributed by atoms with E-state index < -0.39 is 11.9 Å².